The fraction of sp³-hybridized carbons (Fsp3) is 0.0500. The third-order valence-corrected chi connectivity index (χ3v) is 4.76. The Hall–Kier alpha value is -3.25. The number of nitrogens with zero attached hydrogens (tertiary/aromatic N) is 3. The standard InChI is InChI=1S/C20H16N4OS/c25-20(22-14-15-7-4-5-11-21-15)18-13-17(19-10-6-12-26-19)23-24(18)16-8-2-1-3-9-16/h1-13H,14H2,(H,22,25). The van der Waals surface area contributed by atoms with Gasteiger partial charge in [-0.05, 0) is 41.8 Å². The molecule has 0 atom stereocenters. The summed E-state index contributed by atoms with van der Waals surface area (Å²) < 4.78 is 1.68. The van der Waals surface area contributed by atoms with E-state index in [4.69, 9.17) is 0 Å². The van der Waals surface area contributed by atoms with E-state index in [9.17, 15) is 4.79 Å². The van der Waals surface area contributed by atoms with Gasteiger partial charge >= 0.3 is 0 Å². The highest BCUT2D eigenvalue weighted by atomic mass is 32.1. The Morgan fingerprint density at radius 2 is 1.88 bits per heavy atom. The van der Waals surface area contributed by atoms with Crippen molar-refractivity contribution in [2.75, 3.05) is 0 Å². The number of rotatable bonds is 5. The van der Waals surface area contributed by atoms with Crippen LogP contribution >= 0.6 is 11.3 Å². The average Bonchev–Trinajstić information content (AvgIpc) is 3.37. The molecule has 3 heterocycles. The maximum Gasteiger partial charge on any atom is 0.270 e. The first-order chi connectivity index (χ1) is 12.8. The molecule has 1 amide bonds. The minimum Gasteiger partial charge on any atom is -0.345 e. The molecule has 0 spiro atoms. The van der Waals surface area contributed by atoms with E-state index in [1.165, 1.54) is 0 Å². The van der Waals surface area contributed by atoms with Gasteiger partial charge < -0.3 is 5.32 Å². The number of carbonyl (C=O) groups is 1. The van der Waals surface area contributed by atoms with Crippen molar-refractivity contribution in [3.63, 3.8) is 0 Å². The van der Waals surface area contributed by atoms with Crippen molar-refractivity contribution < 1.29 is 4.79 Å². The van der Waals surface area contributed by atoms with E-state index in [1.54, 1.807) is 22.2 Å². The largest absolute Gasteiger partial charge is 0.345 e. The normalized spacial score (nSPS) is 10.6. The number of aromatic nitrogens is 3. The van der Waals surface area contributed by atoms with Crippen molar-refractivity contribution in [2.45, 2.75) is 6.54 Å². The molecule has 4 aromatic rings. The lowest BCUT2D eigenvalue weighted by molar-refractivity contribution is 0.0942. The molecule has 5 nitrogen and oxygen atoms in total. The van der Waals surface area contributed by atoms with Gasteiger partial charge in [-0.25, -0.2) is 4.68 Å². The van der Waals surface area contributed by atoms with E-state index < -0.39 is 0 Å². The molecular weight excluding hydrogens is 344 g/mol. The molecule has 0 aliphatic carbocycles. The Morgan fingerprint density at radius 1 is 1.04 bits per heavy atom. The number of pyridine rings is 1. The van der Waals surface area contributed by atoms with E-state index in [2.05, 4.69) is 15.4 Å². The van der Waals surface area contributed by atoms with E-state index in [0.29, 0.717) is 12.2 Å². The summed E-state index contributed by atoms with van der Waals surface area (Å²) in [6, 6.07) is 21.1. The summed E-state index contributed by atoms with van der Waals surface area (Å²) in [6.07, 6.45) is 1.71. The number of benzene rings is 1. The Kier molecular flexibility index (Phi) is 4.57. The topological polar surface area (TPSA) is 59.8 Å². The molecule has 0 saturated carbocycles. The van der Waals surface area contributed by atoms with Crippen LogP contribution in [0.5, 0.6) is 0 Å². The Balaban J connectivity index is 1.66. The van der Waals surface area contributed by atoms with Gasteiger partial charge in [-0.1, -0.05) is 30.3 Å². The van der Waals surface area contributed by atoms with Crippen LogP contribution < -0.4 is 5.32 Å². The molecule has 6 heteroatoms. The number of amides is 1. The van der Waals surface area contributed by atoms with Crippen molar-refractivity contribution in [3.05, 3.63) is 89.7 Å². The van der Waals surface area contributed by atoms with Crippen LogP contribution in [0, 0.1) is 0 Å². The van der Waals surface area contributed by atoms with Crippen molar-refractivity contribution in [2.24, 2.45) is 0 Å². The second-order valence-electron chi connectivity index (χ2n) is 5.64. The van der Waals surface area contributed by atoms with Crippen LogP contribution in [-0.2, 0) is 6.54 Å². The predicted molar refractivity (Wildman–Crippen MR) is 102 cm³/mol. The molecule has 0 radical (unpaired) electrons. The van der Waals surface area contributed by atoms with Crippen LogP contribution in [0.2, 0.25) is 0 Å². The first-order valence-electron chi connectivity index (χ1n) is 8.19. The molecule has 26 heavy (non-hydrogen) atoms. The predicted octanol–water partition coefficient (Wildman–Crippen LogP) is 3.93. The van der Waals surface area contributed by atoms with Gasteiger partial charge in [0, 0.05) is 6.20 Å². The number of hydrogen-bond acceptors (Lipinski definition) is 4. The van der Waals surface area contributed by atoms with E-state index in [0.717, 1.165) is 22.0 Å². The zero-order chi connectivity index (χ0) is 17.8. The maximum atomic E-state index is 12.8. The number of hydrogen-bond donors (Lipinski definition) is 1. The van der Waals surface area contributed by atoms with Gasteiger partial charge in [-0.15, -0.1) is 11.3 Å². The lowest BCUT2D eigenvalue weighted by atomic mass is 10.2. The van der Waals surface area contributed by atoms with Crippen molar-refractivity contribution in [1.82, 2.24) is 20.1 Å². The number of nitrogens with one attached hydrogen (secondary N) is 1. The van der Waals surface area contributed by atoms with Gasteiger partial charge in [0.25, 0.3) is 5.91 Å². The number of para-hydroxylation sites is 1. The van der Waals surface area contributed by atoms with Gasteiger partial charge in [0.05, 0.1) is 22.8 Å². The Labute approximate surface area is 155 Å². The summed E-state index contributed by atoms with van der Waals surface area (Å²) in [6.45, 7) is 0.369. The minimum absolute atomic E-state index is 0.185. The van der Waals surface area contributed by atoms with Gasteiger partial charge in [-0.3, -0.25) is 9.78 Å². The highest BCUT2D eigenvalue weighted by molar-refractivity contribution is 7.13. The van der Waals surface area contributed by atoms with Crippen molar-refractivity contribution in [3.8, 4) is 16.3 Å². The summed E-state index contributed by atoms with van der Waals surface area (Å²) in [4.78, 5) is 18.1. The summed E-state index contributed by atoms with van der Waals surface area (Å²) in [5.74, 6) is -0.185. The fourth-order valence-corrected chi connectivity index (χ4v) is 3.30. The first-order valence-corrected chi connectivity index (χ1v) is 9.07. The second kappa shape index (κ2) is 7.33. The molecular formula is C20H16N4OS. The maximum absolute atomic E-state index is 12.8. The molecule has 0 aliphatic rings. The molecule has 3 aromatic heterocycles. The minimum atomic E-state index is -0.185. The van der Waals surface area contributed by atoms with Crippen molar-refractivity contribution in [1.29, 1.82) is 0 Å². The molecule has 128 valence electrons. The molecule has 0 unspecified atom stereocenters. The van der Waals surface area contributed by atoms with Crippen molar-refractivity contribution >= 4 is 17.2 Å². The molecule has 0 fully saturated rings. The summed E-state index contributed by atoms with van der Waals surface area (Å²) in [5, 5.41) is 9.57. The van der Waals surface area contributed by atoms with Gasteiger partial charge in [0.1, 0.15) is 11.4 Å². The lowest BCUT2D eigenvalue weighted by Gasteiger charge is -2.08. The zero-order valence-electron chi connectivity index (χ0n) is 13.9. The fourth-order valence-electron chi connectivity index (χ4n) is 2.62. The Bertz CT molecular complexity index is 995. The first kappa shape index (κ1) is 16.2. The van der Waals surface area contributed by atoms with E-state index >= 15 is 0 Å². The van der Waals surface area contributed by atoms with Crippen LogP contribution in [0.4, 0.5) is 0 Å². The van der Waals surface area contributed by atoms with Crippen LogP contribution in [-0.4, -0.2) is 20.7 Å². The van der Waals surface area contributed by atoms with Crippen LogP contribution in [0.3, 0.4) is 0 Å². The average molecular weight is 360 g/mol. The lowest BCUT2D eigenvalue weighted by Crippen LogP contribution is -2.25. The molecule has 0 bridgehead atoms. The third kappa shape index (κ3) is 3.41. The van der Waals surface area contributed by atoms with Crippen LogP contribution in [0.25, 0.3) is 16.3 Å². The second-order valence-corrected chi connectivity index (χ2v) is 6.59. The molecule has 0 saturated heterocycles. The monoisotopic (exact) mass is 360 g/mol. The van der Waals surface area contributed by atoms with Gasteiger partial charge in [0.2, 0.25) is 0 Å². The van der Waals surface area contributed by atoms with E-state index in [-0.39, 0.29) is 5.91 Å². The summed E-state index contributed by atoms with van der Waals surface area (Å²) >= 11 is 1.60. The van der Waals surface area contributed by atoms with Gasteiger partial charge in [0.15, 0.2) is 0 Å². The highest BCUT2D eigenvalue weighted by Crippen LogP contribution is 2.25. The molecule has 1 aromatic carbocycles. The summed E-state index contributed by atoms with van der Waals surface area (Å²) in [7, 11) is 0. The molecule has 0 aliphatic heterocycles. The molecule has 4 rings (SSSR count). The van der Waals surface area contributed by atoms with E-state index in [1.807, 2.05) is 72.1 Å². The molecule has 1 N–H and O–H groups in total. The third-order valence-electron chi connectivity index (χ3n) is 3.87. The summed E-state index contributed by atoms with van der Waals surface area (Å²) in [5.41, 5.74) is 2.94. The zero-order valence-corrected chi connectivity index (χ0v) is 14.7. The smallest absolute Gasteiger partial charge is 0.270 e. The van der Waals surface area contributed by atoms with Gasteiger partial charge in [-0.2, -0.15) is 5.10 Å². The van der Waals surface area contributed by atoms with Crippen LogP contribution in [0.1, 0.15) is 16.2 Å². The quantitative estimate of drug-likeness (QED) is 0.587. The Morgan fingerprint density at radius 3 is 2.62 bits per heavy atom. The van der Waals surface area contributed by atoms with Crippen LogP contribution in [0.15, 0.2) is 78.3 Å². The number of thiophene rings is 1. The highest BCUT2D eigenvalue weighted by Gasteiger charge is 2.18. The SMILES string of the molecule is O=C(NCc1ccccn1)c1cc(-c2cccs2)nn1-c1ccccc1. The number of carbonyl (C=O) groups excluding carboxylic acids is 1.